The number of rotatable bonds is 6. The van der Waals surface area contributed by atoms with Gasteiger partial charge < -0.3 is 4.74 Å². The van der Waals surface area contributed by atoms with Crippen LogP contribution in [-0.4, -0.2) is 36.4 Å². The average Bonchev–Trinajstić information content (AvgIpc) is 3.37. The summed E-state index contributed by atoms with van der Waals surface area (Å²) >= 11 is 9.49. The van der Waals surface area contributed by atoms with Crippen molar-refractivity contribution in [1.82, 2.24) is 4.98 Å². The van der Waals surface area contributed by atoms with Gasteiger partial charge in [0.15, 0.2) is 5.13 Å². The molecule has 0 radical (unpaired) electrons. The van der Waals surface area contributed by atoms with E-state index >= 15 is 0 Å². The smallest absolute Gasteiger partial charge is 0.233 e. The highest BCUT2D eigenvalue weighted by atomic mass is 35.5. The van der Waals surface area contributed by atoms with Crippen LogP contribution in [0.4, 0.5) is 5.13 Å². The predicted molar refractivity (Wildman–Crippen MR) is 118 cm³/mol. The molecule has 0 aliphatic carbocycles. The number of carbonyl (C=O) groups excluding carboxylic acids is 1. The first-order valence-electron chi connectivity index (χ1n) is 9.24. The molecule has 0 N–H and O–H groups in total. The third-order valence-corrected chi connectivity index (χ3v) is 6.91. The minimum atomic E-state index is 0.0302. The third-order valence-electron chi connectivity index (χ3n) is 4.82. The summed E-state index contributed by atoms with van der Waals surface area (Å²) in [6, 6.07) is 13.9. The summed E-state index contributed by atoms with van der Waals surface area (Å²) in [5.74, 6) is 0.0302. The van der Waals surface area contributed by atoms with Gasteiger partial charge in [-0.2, -0.15) is 0 Å². The fourth-order valence-electron chi connectivity index (χ4n) is 3.31. The van der Waals surface area contributed by atoms with Crippen molar-refractivity contribution in [3.05, 3.63) is 53.1 Å². The summed E-state index contributed by atoms with van der Waals surface area (Å²) in [5, 5.41) is 1.29. The molecule has 1 saturated heterocycles. The summed E-state index contributed by atoms with van der Waals surface area (Å²) in [6.45, 7) is 1.29. The molecule has 0 bridgehead atoms. The van der Waals surface area contributed by atoms with E-state index in [0.717, 1.165) is 35.2 Å². The van der Waals surface area contributed by atoms with Crippen LogP contribution >= 0.6 is 34.7 Å². The lowest BCUT2D eigenvalue weighted by Crippen LogP contribution is -2.38. The number of anilines is 1. The Hall–Kier alpha value is -1.60. The number of hydrogen-bond donors (Lipinski definition) is 0. The van der Waals surface area contributed by atoms with Crippen LogP contribution in [0.1, 0.15) is 18.4 Å². The van der Waals surface area contributed by atoms with Gasteiger partial charge in [0.2, 0.25) is 5.91 Å². The second kappa shape index (κ2) is 8.82. The Morgan fingerprint density at radius 2 is 2.14 bits per heavy atom. The fourth-order valence-corrected chi connectivity index (χ4v) is 5.01. The number of amides is 1. The van der Waals surface area contributed by atoms with Crippen molar-refractivity contribution in [2.75, 3.05) is 24.3 Å². The second-order valence-corrected chi connectivity index (χ2v) is 9.04. The number of nitrogens with zero attached hydrogens (tertiary/aromatic N) is 2. The number of aromatic nitrogens is 1. The Kier molecular flexibility index (Phi) is 6.21. The number of thioether (sulfide) groups is 1. The first-order valence-corrected chi connectivity index (χ1v) is 11.7. The Labute approximate surface area is 177 Å². The molecule has 4 nitrogen and oxygen atoms in total. The van der Waals surface area contributed by atoms with Crippen LogP contribution < -0.4 is 4.90 Å². The molecule has 3 aromatic rings. The number of para-hydroxylation sites is 1. The average molecular weight is 433 g/mol. The molecule has 1 aliphatic heterocycles. The highest BCUT2D eigenvalue weighted by Crippen LogP contribution is 2.33. The molecule has 2 aromatic carbocycles. The maximum absolute atomic E-state index is 13.2. The summed E-state index contributed by atoms with van der Waals surface area (Å²) < 4.78 is 6.77. The van der Waals surface area contributed by atoms with Gasteiger partial charge in [0.25, 0.3) is 0 Å². The van der Waals surface area contributed by atoms with Crippen molar-refractivity contribution in [2.24, 2.45) is 0 Å². The van der Waals surface area contributed by atoms with Crippen LogP contribution in [0.5, 0.6) is 0 Å². The van der Waals surface area contributed by atoms with E-state index in [4.69, 9.17) is 16.3 Å². The number of fused-ring (bicyclic) bond motifs is 1. The molecule has 0 unspecified atom stereocenters. The number of thiazole rings is 1. The van der Waals surface area contributed by atoms with Crippen molar-refractivity contribution in [2.45, 2.75) is 30.3 Å². The monoisotopic (exact) mass is 432 g/mol. The number of halogens is 1. The maximum Gasteiger partial charge on any atom is 0.233 e. The lowest BCUT2D eigenvalue weighted by atomic mass is 10.1. The van der Waals surface area contributed by atoms with Crippen molar-refractivity contribution < 1.29 is 9.53 Å². The van der Waals surface area contributed by atoms with Gasteiger partial charge in [-0.05, 0) is 48.9 Å². The van der Waals surface area contributed by atoms with Crippen LogP contribution in [0.3, 0.4) is 0 Å². The van der Waals surface area contributed by atoms with E-state index in [1.165, 1.54) is 16.2 Å². The first-order chi connectivity index (χ1) is 13.6. The molecular formula is C21H21ClN2O2S2. The SMILES string of the molecule is CSc1ccc(CC(=O)N(C[C@@H]2CCCO2)c2nc3c(Cl)cccc3s2)cc1. The molecule has 146 valence electrons. The zero-order chi connectivity index (χ0) is 19.5. The van der Waals surface area contributed by atoms with Crippen molar-refractivity contribution in [3.8, 4) is 0 Å². The van der Waals surface area contributed by atoms with Gasteiger partial charge in [0.1, 0.15) is 5.52 Å². The highest BCUT2D eigenvalue weighted by Gasteiger charge is 2.26. The Bertz CT molecular complexity index is 968. The number of hydrogen-bond acceptors (Lipinski definition) is 5. The Morgan fingerprint density at radius 1 is 1.32 bits per heavy atom. The van der Waals surface area contributed by atoms with Gasteiger partial charge in [-0.15, -0.1) is 11.8 Å². The zero-order valence-corrected chi connectivity index (χ0v) is 17.9. The van der Waals surface area contributed by atoms with E-state index in [9.17, 15) is 4.79 Å². The molecule has 1 fully saturated rings. The third kappa shape index (κ3) is 4.35. The quantitative estimate of drug-likeness (QED) is 0.487. The molecule has 1 aromatic heterocycles. The van der Waals surface area contributed by atoms with Crippen molar-refractivity contribution >= 4 is 56.0 Å². The first kappa shape index (κ1) is 19.7. The molecule has 4 rings (SSSR count). The summed E-state index contributed by atoms with van der Waals surface area (Å²) in [5.41, 5.74) is 1.75. The van der Waals surface area contributed by atoms with Gasteiger partial charge in [-0.25, -0.2) is 4.98 Å². The number of benzene rings is 2. The molecular weight excluding hydrogens is 412 g/mol. The summed E-state index contributed by atoms with van der Waals surface area (Å²) in [4.78, 5) is 20.9. The van der Waals surface area contributed by atoms with Crippen molar-refractivity contribution in [3.63, 3.8) is 0 Å². The standard InChI is InChI=1S/C21H21ClN2O2S2/c1-27-16-9-7-14(8-10-16)12-19(25)24(13-15-4-3-11-26-15)21-23-20-17(22)5-2-6-18(20)28-21/h2,5-10,15H,3-4,11-13H2,1H3/t15-/m0/s1. The molecule has 1 atom stereocenters. The Morgan fingerprint density at radius 3 is 2.82 bits per heavy atom. The molecule has 2 heterocycles. The van der Waals surface area contributed by atoms with Gasteiger partial charge in [-0.1, -0.05) is 41.1 Å². The second-order valence-electron chi connectivity index (χ2n) is 6.75. The van der Waals surface area contributed by atoms with Gasteiger partial charge in [0, 0.05) is 11.5 Å². The van der Waals surface area contributed by atoms with E-state index in [1.807, 2.05) is 36.6 Å². The number of ether oxygens (including phenoxy) is 1. The topological polar surface area (TPSA) is 42.4 Å². The minimum Gasteiger partial charge on any atom is -0.376 e. The fraction of sp³-hybridized carbons (Fsp3) is 0.333. The highest BCUT2D eigenvalue weighted by molar-refractivity contribution is 7.98. The van der Waals surface area contributed by atoms with Gasteiger partial charge in [-0.3, -0.25) is 9.69 Å². The van der Waals surface area contributed by atoms with E-state index < -0.39 is 0 Å². The summed E-state index contributed by atoms with van der Waals surface area (Å²) in [6.07, 6.45) is 4.45. The van der Waals surface area contributed by atoms with Crippen LogP contribution in [-0.2, 0) is 16.0 Å². The van der Waals surface area contributed by atoms with Crippen LogP contribution in [0, 0.1) is 0 Å². The normalized spacial score (nSPS) is 16.6. The van der Waals surface area contributed by atoms with Crippen molar-refractivity contribution in [1.29, 1.82) is 0 Å². The van der Waals surface area contributed by atoms with E-state index in [-0.39, 0.29) is 12.0 Å². The van der Waals surface area contributed by atoms with Crippen LogP contribution in [0.2, 0.25) is 5.02 Å². The van der Waals surface area contributed by atoms with E-state index in [2.05, 4.69) is 17.1 Å². The van der Waals surface area contributed by atoms with E-state index in [0.29, 0.717) is 23.1 Å². The minimum absolute atomic E-state index is 0.0302. The number of carbonyl (C=O) groups is 1. The maximum atomic E-state index is 13.2. The lowest BCUT2D eigenvalue weighted by molar-refractivity contribution is -0.118. The van der Waals surface area contributed by atoms with Crippen LogP contribution in [0.15, 0.2) is 47.4 Å². The molecule has 1 aliphatic rings. The zero-order valence-electron chi connectivity index (χ0n) is 15.6. The molecule has 7 heteroatoms. The summed E-state index contributed by atoms with van der Waals surface area (Å²) in [7, 11) is 0. The van der Waals surface area contributed by atoms with Crippen LogP contribution in [0.25, 0.3) is 10.2 Å². The molecule has 0 saturated carbocycles. The molecule has 1 amide bonds. The largest absolute Gasteiger partial charge is 0.376 e. The van der Waals surface area contributed by atoms with Gasteiger partial charge >= 0.3 is 0 Å². The van der Waals surface area contributed by atoms with Gasteiger partial charge in [0.05, 0.1) is 28.8 Å². The predicted octanol–water partition coefficient (Wildman–Crippen LogP) is 5.43. The van der Waals surface area contributed by atoms with E-state index in [1.54, 1.807) is 16.7 Å². The molecule has 0 spiro atoms. The molecule has 28 heavy (non-hydrogen) atoms. The Balaban J connectivity index is 1.61. The lowest BCUT2D eigenvalue weighted by Gasteiger charge is -2.23.